The van der Waals surface area contributed by atoms with Crippen LogP contribution >= 0.6 is 0 Å². The number of alkyl halides is 3. The summed E-state index contributed by atoms with van der Waals surface area (Å²) in [4.78, 5) is 23.4. The molecule has 0 saturated heterocycles. The van der Waals surface area contributed by atoms with Gasteiger partial charge in [0.05, 0.1) is 12.1 Å². The van der Waals surface area contributed by atoms with E-state index in [0.717, 1.165) is 12.5 Å². The zero-order valence-electron chi connectivity index (χ0n) is 11.8. The number of benzene rings is 1. The standard InChI is InChI=1S/C14H17F3N2O2/c1-3-6-18-13(21)8-19(2)12-5-4-10(9-20)7-11(12)14(15,16)17/h4-5,7,9H,3,6,8H2,1-2H3,(H,18,21). The molecule has 1 aromatic rings. The van der Waals surface area contributed by atoms with Gasteiger partial charge in [0, 0.05) is 24.8 Å². The first-order valence-electron chi connectivity index (χ1n) is 6.43. The van der Waals surface area contributed by atoms with Gasteiger partial charge in [-0.1, -0.05) is 6.92 Å². The molecule has 0 aromatic heterocycles. The fourth-order valence-corrected chi connectivity index (χ4v) is 1.81. The lowest BCUT2D eigenvalue weighted by molar-refractivity contribution is -0.137. The van der Waals surface area contributed by atoms with E-state index in [4.69, 9.17) is 0 Å². The van der Waals surface area contributed by atoms with Crippen molar-refractivity contribution in [1.29, 1.82) is 0 Å². The summed E-state index contributed by atoms with van der Waals surface area (Å²) in [5, 5.41) is 2.60. The Morgan fingerprint density at radius 1 is 1.38 bits per heavy atom. The minimum Gasteiger partial charge on any atom is -0.365 e. The summed E-state index contributed by atoms with van der Waals surface area (Å²) in [6, 6.07) is 3.26. The van der Waals surface area contributed by atoms with Crippen molar-refractivity contribution in [3.8, 4) is 0 Å². The van der Waals surface area contributed by atoms with Crippen LogP contribution in [0.3, 0.4) is 0 Å². The molecule has 0 unspecified atom stereocenters. The van der Waals surface area contributed by atoms with E-state index in [9.17, 15) is 22.8 Å². The van der Waals surface area contributed by atoms with Gasteiger partial charge in [0.15, 0.2) is 0 Å². The first kappa shape index (κ1) is 17.0. The third kappa shape index (κ3) is 4.77. The number of rotatable bonds is 6. The van der Waals surface area contributed by atoms with E-state index < -0.39 is 11.7 Å². The van der Waals surface area contributed by atoms with Gasteiger partial charge in [-0.25, -0.2) is 0 Å². The second-order valence-corrected chi connectivity index (χ2v) is 4.60. The smallest absolute Gasteiger partial charge is 0.365 e. The van der Waals surface area contributed by atoms with Crippen LogP contribution in [0.4, 0.5) is 18.9 Å². The number of carbonyl (C=O) groups is 2. The number of likely N-dealkylation sites (N-methyl/N-ethyl adjacent to an activating group) is 1. The molecule has 4 nitrogen and oxygen atoms in total. The summed E-state index contributed by atoms with van der Waals surface area (Å²) in [6.07, 6.45) is -3.49. The number of anilines is 1. The number of amides is 1. The maximum atomic E-state index is 13.0. The van der Waals surface area contributed by atoms with Crippen molar-refractivity contribution in [3.05, 3.63) is 29.3 Å². The van der Waals surface area contributed by atoms with Gasteiger partial charge < -0.3 is 10.2 Å². The van der Waals surface area contributed by atoms with Crippen LogP contribution in [-0.2, 0) is 11.0 Å². The van der Waals surface area contributed by atoms with Gasteiger partial charge in [0.25, 0.3) is 0 Å². The van der Waals surface area contributed by atoms with Crippen LogP contribution in [0.5, 0.6) is 0 Å². The van der Waals surface area contributed by atoms with Gasteiger partial charge in [0.2, 0.25) is 5.91 Å². The quantitative estimate of drug-likeness (QED) is 0.821. The minimum absolute atomic E-state index is 0.0603. The molecule has 21 heavy (non-hydrogen) atoms. The molecule has 0 aliphatic heterocycles. The zero-order valence-corrected chi connectivity index (χ0v) is 11.8. The normalized spacial score (nSPS) is 11.1. The van der Waals surface area contributed by atoms with Gasteiger partial charge >= 0.3 is 6.18 Å². The lowest BCUT2D eigenvalue weighted by atomic mass is 10.1. The molecule has 0 spiro atoms. The van der Waals surface area contributed by atoms with Crippen LogP contribution in [0.15, 0.2) is 18.2 Å². The highest BCUT2D eigenvalue weighted by Crippen LogP contribution is 2.36. The number of nitrogens with one attached hydrogen (secondary N) is 1. The minimum atomic E-state index is -4.59. The molecular formula is C14H17F3N2O2. The summed E-state index contributed by atoms with van der Waals surface area (Å²) >= 11 is 0. The van der Waals surface area contributed by atoms with Crippen molar-refractivity contribution < 1.29 is 22.8 Å². The number of hydrogen-bond acceptors (Lipinski definition) is 3. The van der Waals surface area contributed by atoms with Gasteiger partial charge in [-0.05, 0) is 24.6 Å². The number of nitrogens with zero attached hydrogens (tertiary/aromatic N) is 1. The molecule has 0 aliphatic carbocycles. The van der Waals surface area contributed by atoms with Crippen LogP contribution in [0, 0.1) is 0 Å². The predicted molar refractivity (Wildman–Crippen MR) is 73.4 cm³/mol. The molecule has 1 rings (SSSR count). The van der Waals surface area contributed by atoms with Crippen molar-refractivity contribution in [2.45, 2.75) is 19.5 Å². The van der Waals surface area contributed by atoms with Crippen LogP contribution in [-0.4, -0.2) is 32.3 Å². The van der Waals surface area contributed by atoms with Gasteiger partial charge in [-0.2, -0.15) is 13.2 Å². The van der Waals surface area contributed by atoms with Crippen LogP contribution in [0.2, 0.25) is 0 Å². The van der Waals surface area contributed by atoms with Crippen LogP contribution < -0.4 is 10.2 Å². The SMILES string of the molecule is CCCNC(=O)CN(C)c1ccc(C=O)cc1C(F)(F)F. The molecule has 0 aliphatic rings. The molecule has 0 saturated carbocycles. The maximum absolute atomic E-state index is 13.0. The second kappa shape index (κ2) is 7.10. The van der Waals surface area contributed by atoms with E-state index in [1.165, 1.54) is 24.1 Å². The van der Waals surface area contributed by atoms with Crippen molar-refractivity contribution in [1.82, 2.24) is 5.32 Å². The Morgan fingerprint density at radius 2 is 2.05 bits per heavy atom. The summed E-state index contributed by atoms with van der Waals surface area (Å²) < 4.78 is 39.1. The lowest BCUT2D eigenvalue weighted by Gasteiger charge is -2.23. The third-order valence-electron chi connectivity index (χ3n) is 2.83. The fraction of sp³-hybridized carbons (Fsp3) is 0.429. The van der Waals surface area contributed by atoms with Crippen molar-refractivity contribution in [2.75, 3.05) is 25.0 Å². The van der Waals surface area contributed by atoms with E-state index in [0.29, 0.717) is 12.8 Å². The van der Waals surface area contributed by atoms with E-state index in [1.807, 2.05) is 6.92 Å². The number of aldehydes is 1. The lowest BCUT2D eigenvalue weighted by Crippen LogP contribution is -2.36. The molecule has 7 heteroatoms. The Bertz CT molecular complexity index is 515. The molecular weight excluding hydrogens is 285 g/mol. The molecule has 0 atom stereocenters. The van der Waals surface area contributed by atoms with Gasteiger partial charge in [-0.3, -0.25) is 9.59 Å². The summed E-state index contributed by atoms with van der Waals surface area (Å²) in [6.45, 7) is 2.16. The molecule has 0 fully saturated rings. The Morgan fingerprint density at radius 3 is 2.57 bits per heavy atom. The highest BCUT2D eigenvalue weighted by Gasteiger charge is 2.34. The average Bonchev–Trinajstić information content (AvgIpc) is 2.43. The topological polar surface area (TPSA) is 49.4 Å². The molecule has 1 aromatic carbocycles. The summed E-state index contributed by atoms with van der Waals surface area (Å²) in [7, 11) is 1.40. The van der Waals surface area contributed by atoms with Crippen LogP contribution in [0.1, 0.15) is 29.3 Å². The summed E-state index contributed by atoms with van der Waals surface area (Å²) in [5.41, 5.74) is -1.13. The molecule has 1 N–H and O–H groups in total. The van der Waals surface area contributed by atoms with E-state index >= 15 is 0 Å². The van der Waals surface area contributed by atoms with Gasteiger partial charge in [-0.15, -0.1) is 0 Å². The van der Waals surface area contributed by atoms with Gasteiger partial charge in [0.1, 0.15) is 6.29 Å². The molecule has 1 amide bonds. The Hall–Kier alpha value is -2.05. The Balaban J connectivity index is 3.00. The Kier molecular flexibility index (Phi) is 5.75. The first-order chi connectivity index (χ1) is 9.79. The number of carbonyl (C=O) groups excluding carboxylic acids is 2. The van der Waals surface area contributed by atoms with Crippen molar-refractivity contribution in [2.24, 2.45) is 0 Å². The predicted octanol–water partition coefficient (Wildman–Crippen LogP) is 2.48. The molecule has 116 valence electrons. The largest absolute Gasteiger partial charge is 0.418 e. The highest BCUT2D eigenvalue weighted by atomic mass is 19.4. The maximum Gasteiger partial charge on any atom is 0.418 e. The molecule has 0 bridgehead atoms. The Labute approximate surface area is 120 Å². The van der Waals surface area contributed by atoms with Crippen molar-refractivity contribution >= 4 is 17.9 Å². The van der Waals surface area contributed by atoms with E-state index in [1.54, 1.807) is 0 Å². The van der Waals surface area contributed by atoms with E-state index in [-0.39, 0.29) is 23.7 Å². The number of halogens is 3. The number of hydrogen-bond donors (Lipinski definition) is 1. The highest BCUT2D eigenvalue weighted by molar-refractivity contribution is 5.82. The van der Waals surface area contributed by atoms with E-state index in [2.05, 4.69) is 5.32 Å². The fourth-order valence-electron chi connectivity index (χ4n) is 1.81. The van der Waals surface area contributed by atoms with Crippen LogP contribution in [0.25, 0.3) is 0 Å². The summed E-state index contributed by atoms with van der Waals surface area (Å²) in [5.74, 6) is -0.355. The third-order valence-corrected chi connectivity index (χ3v) is 2.83. The second-order valence-electron chi connectivity index (χ2n) is 4.60. The molecule has 0 radical (unpaired) electrons. The average molecular weight is 302 g/mol. The first-order valence-corrected chi connectivity index (χ1v) is 6.43. The van der Waals surface area contributed by atoms with Crippen molar-refractivity contribution in [3.63, 3.8) is 0 Å². The molecule has 0 heterocycles. The monoisotopic (exact) mass is 302 g/mol. The zero-order chi connectivity index (χ0) is 16.0.